The Hall–Kier alpha value is -2.73. The zero-order valence-corrected chi connectivity index (χ0v) is 15.1. The van der Waals surface area contributed by atoms with E-state index in [9.17, 15) is 9.59 Å². The molecule has 1 N–H and O–H groups in total. The lowest BCUT2D eigenvalue weighted by Crippen LogP contribution is -2.46. The van der Waals surface area contributed by atoms with Gasteiger partial charge in [0, 0.05) is 18.9 Å². The number of anilines is 2. The minimum Gasteiger partial charge on any atom is -0.314 e. The molecule has 1 atom stereocenters. The van der Waals surface area contributed by atoms with E-state index in [1.165, 1.54) is 0 Å². The Morgan fingerprint density at radius 2 is 1.84 bits per heavy atom. The lowest BCUT2D eigenvalue weighted by Gasteiger charge is -2.27. The molecule has 1 aromatic carbocycles. The highest BCUT2D eigenvalue weighted by Gasteiger charge is 2.24. The first-order valence-corrected chi connectivity index (χ1v) is 8.14. The van der Waals surface area contributed by atoms with Crippen LogP contribution in [0, 0.1) is 6.92 Å². The predicted octanol–water partition coefficient (Wildman–Crippen LogP) is 2.31. The molecular weight excluding hydrogens is 316 g/mol. The van der Waals surface area contributed by atoms with Crippen LogP contribution in [0.1, 0.15) is 12.5 Å². The SMILES string of the molecule is Cc1ccnc(NC(=O)CN(C)[C@H](C)C(=O)N(C)c2ccccc2)c1. The van der Waals surface area contributed by atoms with Crippen molar-refractivity contribution in [3.8, 4) is 0 Å². The number of nitrogens with zero attached hydrogens (tertiary/aromatic N) is 3. The molecule has 0 saturated heterocycles. The number of nitrogens with one attached hydrogen (secondary N) is 1. The molecule has 1 heterocycles. The second-order valence-electron chi connectivity index (χ2n) is 6.09. The molecule has 25 heavy (non-hydrogen) atoms. The van der Waals surface area contributed by atoms with Crippen LogP contribution in [0.2, 0.25) is 0 Å². The highest BCUT2D eigenvalue weighted by Crippen LogP contribution is 2.14. The van der Waals surface area contributed by atoms with Gasteiger partial charge < -0.3 is 10.2 Å². The maximum Gasteiger partial charge on any atom is 0.243 e. The van der Waals surface area contributed by atoms with Crippen molar-refractivity contribution < 1.29 is 9.59 Å². The summed E-state index contributed by atoms with van der Waals surface area (Å²) in [6.07, 6.45) is 1.65. The van der Waals surface area contributed by atoms with E-state index in [2.05, 4.69) is 10.3 Å². The van der Waals surface area contributed by atoms with E-state index >= 15 is 0 Å². The van der Waals surface area contributed by atoms with Crippen molar-refractivity contribution >= 4 is 23.3 Å². The Morgan fingerprint density at radius 1 is 1.16 bits per heavy atom. The molecule has 2 aromatic rings. The van der Waals surface area contributed by atoms with Gasteiger partial charge in [0.15, 0.2) is 0 Å². The first-order chi connectivity index (χ1) is 11.9. The van der Waals surface area contributed by atoms with Crippen LogP contribution in [-0.4, -0.2) is 48.4 Å². The lowest BCUT2D eigenvalue weighted by molar-refractivity contribution is -0.124. The third kappa shape index (κ3) is 5.12. The molecule has 0 aliphatic rings. The van der Waals surface area contributed by atoms with E-state index in [0.29, 0.717) is 5.82 Å². The van der Waals surface area contributed by atoms with Gasteiger partial charge in [0.25, 0.3) is 0 Å². The van der Waals surface area contributed by atoms with Crippen molar-refractivity contribution in [2.24, 2.45) is 0 Å². The van der Waals surface area contributed by atoms with Crippen molar-refractivity contribution in [2.45, 2.75) is 19.9 Å². The summed E-state index contributed by atoms with van der Waals surface area (Å²) in [6, 6.07) is 12.7. The quantitative estimate of drug-likeness (QED) is 0.876. The first kappa shape index (κ1) is 18.6. The summed E-state index contributed by atoms with van der Waals surface area (Å²) in [5.74, 6) is 0.233. The van der Waals surface area contributed by atoms with Crippen molar-refractivity contribution in [1.29, 1.82) is 0 Å². The number of carbonyl (C=O) groups is 2. The van der Waals surface area contributed by atoms with Gasteiger partial charge in [-0.3, -0.25) is 14.5 Å². The number of carbonyl (C=O) groups excluding carboxylic acids is 2. The standard InChI is InChI=1S/C19H24N4O2/c1-14-10-11-20-17(12-14)21-18(24)13-22(3)15(2)19(25)23(4)16-8-6-5-7-9-16/h5-12,15H,13H2,1-4H3,(H,20,21,24)/t15-/m1/s1. The van der Waals surface area contributed by atoms with Crippen molar-refractivity contribution in [1.82, 2.24) is 9.88 Å². The Morgan fingerprint density at radius 3 is 2.48 bits per heavy atom. The van der Waals surface area contributed by atoms with Crippen molar-refractivity contribution in [3.05, 3.63) is 54.2 Å². The van der Waals surface area contributed by atoms with Crippen LogP contribution < -0.4 is 10.2 Å². The van der Waals surface area contributed by atoms with Crippen LogP contribution in [0.3, 0.4) is 0 Å². The van der Waals surface area contributed by atoms with Gasteiger partial charge in [0.2, 0.25) is 11.8 Å². The van der Waals surface area contributed by atoms with Gasteiger partial charge in [-0.05, 0) is 50.7 Å². The maximum absolute atomic E-state index is 12.6. The van der Waals surface area contributed by atoms with E-state index in [-0.39, 0.29) is 18.4 Å². The number of aryl methyl sites for hydroxylation is 1. The summed E-state index contributed by atoms with van der Waals surface area (Å²) in [5.41, 5.74) is 1.84. The van der Waals surface area contributed by atoms with Crippen LogP contribution in [0.5, 0.6) is 0 Å². The van der Waals surface area contributed by atoms with E-state index in [1.807, 2.05) is 43.3 Å². The number of hydrogen-bond acceptors (Lipinski definition) is 4. The first-order valence-electron chi connectivity index (χ1n) is 8.14. The molecule has 6 nitrogen and oxygen atoms in total. The Kier molecular flexibility index (Phi) is 6.25. The maximum atomic E-state index is 12.6. The average Bonchev–Trinajstić information content (AvgIpc) is 2.60. The number of pyridine rings is 1. The summed E-state index contributed by atoms with van der Waals surface area (Å²) in [4.78, 5) is 32.2. The molecule has 0 saturated carbocycles. The Bertz CT molecular complexity index is 733. The van der Waals surface area contributed by atoms with Gasteiger partial charge in [0.1, 0.15) is 5.82 Å². The predicted molar refractivity (Wildman–Crippen MR) is 99.5 cm³/mol. The molecule has 6 heteroatoms. The normalized spacial score (nSPS) is 11.9. The smallest absolute Gasteiger partial charge is 0.243 e. The van der Waals surface area contributed by atoms with Crippen LogP contribution in [-0.2, 0) is 9.59 Å². The van der Waals surface area contributed by atoms with Crippen LogP contribution in [0.4, 0.5) is 11.5 Å². The average molecular weight is 340 g/mol. The Labute approximate surface area is 148 Å². The van der Waals surface area contributed by atoms with E-state index in [0.717, 1.165) is 11.3 Å². The molecule has 0 aliphatic heterocycles. The molecule has 0 aliphatic carbocycles. The minimum atomic E-state index is -0.429. The summed E-state index contributed by atoms with van der Waals surface area (Å²) in [6.45, 7) is 3.83. The third-order valence-electron chi connectivity index (χ3n) is 4.07. The fourth-order valence-electron chi connectivity index (χ4n) is 2.40. The largest absolute Gasteiger partial charge is 0.314 e. The topological polar surface area (TPSA) is 65.5 Å². The monoisotopic (exact) mass is 340 g/mol. The number of aromatic nitrogens is 1. The van der Waals surface area contributed by atoms with Gasteiger partial charge in [-0.25, -0.2) is 4.98 Å². The molecule has 0 fully saturated rings. The van der Waals surface area contributed by atoms with Gasteiger partial charge in [-0.2, -0.15) is 0 Å². The van der Waals surface area contributed by atoms with E-state index < -0.39 is 6.04 Å². The van der Waals surface area contributed by atoms with Crippen LogP contribution in [0.15, 0.2) is 48.7 Å². The summed E-state index contributed by atoms with van der Waals surface area (Å²) >= 11 is 0. The van der Waals surface area contributed by atoms with Crippen LogP contribution in [0.25, 0.3) is 0 Å². The summed E-state index contributed by atoms with van der Waals surface area (Å²) < 4.78 is 0. The molecular formula is C19H24N4O2. The molecule has 0 bridgehead atoms. The van der Waals surface area contributed by atoms with E-state index in [4.69, 9.17) is 0 Å². The molecule has 0 spiro atoms. The number of para-hydroxylation sites is 1. The third-order valence-corrected chi connectivity index (χ3v) is 4.07. The lowest BCUT2D eigenvalue weighted by atomic mass is 10.2. The summed E-state index contributed by atoms with van der Waals surface area (Å²) in [5, 5.41) is 2.75. The van der Waals surface area contributed by atoms with Gasteiger partial charge in [0.05, 0.1) is 12.6 Å². The van der Waals surface area contributed by atoms with Gasteiger partial charge in [-0.1, -0.05) is 18.2 Å². The van der Waals surface area contributed by atoms with E-state index in [1.54, 1.807) is 43.1 Å². The fraction of sp³-hybridized carbons (Fsp3) is 0.316. The molecule has 0 unspecified atom stereocenters. The van der Waals surface area contributed by atoms with Crippen LogP contribution >= 0.6 is 0 Å². The number of rotatable bonds is 6. The van der Waals surface area contributed by atoms with Gasteiger partial charge >= 0.3 is 0 Å². The minimum absolute atomic E-state index is 0.0739. The Balaban J connectivity index is 1.93. The molecule has 0 radical (unpaired) electrons. The van der Waals surface area contributed by atoms with Crippen molar-refractivity contribution in [3.63, 3.8) is 0 Å². The molecule has 132 valence electrons. The zero-order valence-electron chi connectivity index (χ0n) is 15.1. The second-order valence-corrected chi connectivity index (χ2v) is 6.09. The number of hydrogen-bond donors (Lipinski definition) is 1. The zero-order chi connectivity index (χ0) is 18.4. The second kappa shape index (κ2) is 8.39. The number of amides is 2. The number of likely N-dealkylation sites (N-methyl/N-ethyl adjacent to an activating group) is 2. The summed E-state index contributed by atoms with van der Waals surface area (Å²) in [7, 11) is 3.49. The molecule has 2 rings (SSSR count). The van der Waals surface area contributed by atoms with Crippen molar-refractivity contribution in [2.75, 3.05) is 30.9 Å². The molecule has 2 amide bonds. The highest BCUT2D eigenvalue weighted by molar-refractivity contribution is 5.97. The fourth-order valence-corrected chi connectivity index (χ4v) is 2.40. The molecule has 1 aromatic heterocycles. The van der Waals surface area contributed by atoms with Gasteiger partial charge in [-0.15, -0.1) is 0 Å². The highest BCUT2D eigenvalue weighted by atomic mass is 16.2. The number of benzene rings is 1.